The summed E-state index contributed by atoms with van der Waals surface area (Å²) in [7, 11) is 1.69. The van der Waals surface area contributed by atoms with Gasteiger partial charge >= 0.3 is 0 Å². The van der Waals surface area contributed by atoms with E-state index in [0.29, 0.717) is 18.7 Å². The molecule has 0 spiro atoms. The number of amides is 2. The van der Waals surface area contributed by atoms with Crippen molar-refractivity contribution < 1.29 is 14.3 Å². The highest BCUT2D eigenvalue weighted by Crippen LogP contribution is 2.44. The van der Waals surface area contributed by atoms with E-state index in [1.165, 1.54) is 0 Å². The van der Waals surface area contributed by atoms with Crippen molar-refractivity contribution in [2.24, 2.45) is 5.92 Å². The van der Waals surface area contributed by atoms with Crippen molar-refractivity contribution in [2.75, 3.05) is 38.2 Å². The van der Waals surface area contributed by atoms with Gasteiger partial charge in [-0.3, -0.25) is 9.59 Å². The Morgan fingerprint density at radius 1 is 0.903 bits per heavy atom. The maximum atomic E-state index is 13.6. The fourth-order valence-electron chi connectivity index (χ4n) is 5.57. The van der Waals surface area contributed by atoms with Gasteiger partial charge in [0.2, 0.25) is 5.91 Å². The Labute approximate surface area is 183 Å². The van der Waals surface area contributed by atoms with Gasteiger partial charge in [-0.05, 0) is 49.4 Å². The van der Waals surface area contributed by atoms with Crippen molar-refractivity contribution in [2.45, 2.75) is 31.3 Å². The number of piperazine rings is 1. The molecular weight excluding hydrogens is 390 g/mol. The molecule has 31 heavy (non-hydrogen) atoms. The molecule has 2 aromatic rings. The number of para-hydroxylation sites is 2. The van der Waals surface area contributed by atoms with E-state index in [4.69, 9.17) is 4.74 Å². The van der Waals surface area contributed by atoms with Crippen LogP contribution in [0.15, 0.2) is 54.6 Å². The predicted molar refractivity (Wildman–Crippen MR) is 119 cm³/mol. The fraction of sp³-hybridized carbons (Fsp3) is 0.440. The summed E-state index contributed by atoms with van der Waals surface area (Å²) in [6, 6.07) is 17.3. The van der Waals surface area contributed by atoms with Gasteiger partial charge < -0.3 is 19.4 Å². The van der Waals surface area contributed by atoms with Crippen LogP contribution in [-0.2, 0) is 4.79 Å². The molecule has 2 bridgehead atoms. The smallest absolute Gasteiger partial charge is 0.254 e. The lowest BCUT2D eigenvalue weighted by atomic mass is 9.96. The summed E-state index contributed by atoms with van der Waals surface area (Å²) in [5.41, 5.74) is 1.74. The quantitative estimate of drug-likeness (QED) is 0.765. The molecule has 2 aromatic carbocycles. The van der Waals surface area contributed by atoms with Crippen molar-refractivity contribution in [1.29, 1.82) is 0 Å². The number of benzene rings is 2. The highest BCUT2D eigenvalue weighted by molar-refractivity contribution is 5.98. The van der Waals surface area contributed by atoms with Crippen molar-refractivity contribution in [3.8, 4) is 5.75 Å². The Bertz CT molecular complexity index is 955. The summed E-state index contributed by atoms with van der Waals surface area (Å²) in [6.07, 6.45) is 3.01. The van der Waals surface area contributed by atoms with Gasteiger partial charge in [0.25, 0.3) is 5.91 Å². The topological polar surface area (TPSA) is 53.1 Å². The standard InChI is InChI=1S/C25H29N3O3/c1-31-22-10-6-5-9-21(22)26-13-15-27(16-14-26)25(30)23-19-11-12-20(17-19)28(23)24(29)18-7-3-2-4-8-18/h2-10,19-20,23H,11-17H2,1H3/t19-,20-,23-/m0/s1. The molecule has 0 aromatic heterocycles. The Morgan fingerprint density at radius 3 is 2.35 bits per heavy atom. The Morgan fingerprint density at radius 2 is 1.61 bits per heavy atom. The first-order valence-electron chi connectivity index (χ1n) is 11.2. The molecule has 6 heteroatoms. The van der Waals surface area contributed by atoms with Gasteiger partial charge in [0, 0.05) is 37.8 Å². The number of methoxy groups -OCH3 is 1. The average molecular weight is 420 g/mol. The van der Waals surface area contributed by atoms with E-state index >= 15 is 0 Å². The molecule has 3 fully saturated rings. The molecule has 6 nitrogen and oxygen atoms in total. The van der Waals surface area contributed by atoms with Crippen molar-refractivity contribution in [3.05, 3.63) is 60.2 Å². The second-order valence-electron chi connectivity index (χ2n) is 8.73. The zero-order valence-electron chi connectivity index (χ0n) is 17.9. The summed E-state index contributed by atoms with van der Waals surface area (Å²) in [5.74, 6) is 1.27. The van der Waals surface area contributed by atoms with E-state index in [0.717, 1.165) is 43.8 Å². The molecule has 1 aliphatic carbocycles. The van der Waals surface area contributed by atoms with Crippen LogP contribution in [0.25, 0.3) is 0 Å². The second-order valence-corrected chi connectivity index (χ2v) is 8.73. The average Bonchev–Trinajstić information content (AvgIpc) is 3.46. The van der Waals surface area contributed by atoms with Gasteiger partial charge in [-0.25, -0.2) is 0 Å². The fourth-order valence-corrected chi connectivity index (χ4v) is 5.57. The van der Waals surface area contributed by atoms with Crippen molar-refractivity contribution in [3.63, 3.8) is 0 Å². The highest BCUT2D eigenvalue weighted by Gasteiger charge is 2.52. The molecule has 2 amide bonds. The summed E-state index contributed by atoms with van der Waals surface area (Å²) in [5, 5.41) is 0. The largest absolute Gasteiger partial charge is 0.495 e. The lowest BCUT2D eigenvalue weighted by Crippen LogP contribution is -2.57. The number of hydrogen-bond donors (Lipinski definition) is 0. The zero-order chi connectivity index (χ0) is 21.4. The number of nitrogens with zero attached hydrogens (tertiary/aromatic N) is 3. The third-order valence-electron chi connectivity index (χ3n) is 7.11. The number of fused-ring (bicyclic) bond motifs is 2. The lowest BCUT2D eigenvalue weighted by Gasteiger charge is -2.41. The molecular formula is C25H29N3O3. The minimum Gasteiger partial charge on any atom is -0.495 e. The molecule has 1 saturated carbocycles. The number of rotatable bonds is 4. The first-order valence-corrected chi connectivity index (χ1v) is 11.2. The van der Waals surface area contributed by atoms with Gasteiger partial charge in [0.15, 0.2) is 0 Å². The summed E-state index contributed by atoms with van der Waals surface area (Å²) in [6.45, 7) is 2.86. The van der Waals surface area contributed by atoms with Gasteiger partial charge in [0.1, 0.15) is 11.8 Å². The van der Waals surface area contributed by atoms with Crippen LogP contribution in [0, 0.1) is 5.92 Å². The summed E-state index contributed by atoms with van der Waals surface area (Å²) < 4.78 is 5.50. The van der Waals surface area contributed by atoms with E-state index in [1.807, 2.05) is 58.3 Å². The summed E-state index contributed by atoms with van der Waals surface area (Å²) >= 11 is 0. The first-order chi connectivity index (χ1) is 15.2. The number of ether oxygens (including phenoxy) is 1. The van der Waals surface area contributed by atoms with E-state index in [1.54, 1.807) is 7.11 Å². The van der Waals surface area contributed by atoms with Gasteiger partial charge in [-0.1, -0.05) is 30.3 Å². The van der Waals surface area contributed by atoms with Crippen molar-refractivity contribution >= 4 is 17.5 Å². The van der Waals surface area contributed by atoms with E-state index in [2.05, 4.69) is 11.0 Å². The minimum absolute atomic E-state index is 0.00110. The molecule has 3 atom stereocenters. The molecule has 5 rings (SSSR count). The molecule has 0 N–H and O–H groups in total. The van der Waals surface area contributed by atoms with Crippen LogP contribution in [0.2, 0.25) is 0 Å². The number of hydrogen-bond acceptors (Lipinski definition) is 4. The van der Waals surface area contributed by atoms with Crippen LogP contribution >= 0.6 is 0 Å². The number of carbonyl (C=O) groups is 2. The summed E-state index contributed by atoms with van der Waals surface area (Å²) in [4.78, 5) is 33.0. The third kappa shape index (κ3) is 3.54. The highest BCUT2D eigenvalue weighted by atomic mass is 16.5. The predicted octanol–water partition coefficient (Wildman–Crippen LogP) is 3.04. The van der Waals surface area contributed by atoms with Gasteiger partial charge in [-0.2, -0.15) is 0 Å². The van der Waals surface area contributed by atoms with E-state index in [9.17, 15) is 9.59 Å². The van der Waals surface area contributed by atoms with E-state index < -0.39 is 0 Å². The molecule has 3 aliphatic rings. The zero-order valence-corrected chi connectivity index (χ0v) is 17.9. The molecule has 2 aliphatic heterocycles. The Kier molecular flexibility index (Phi) is 5.30. The molecule has 162 valence electrons. The minimum atomic E-state index is -0.315. The van der Waals surface area contributed by atoms with Crippen molar-refractivity contribution in [1.82, 2.24) is 9.80 Å². The molecule has 0 unspecified atom stereocenters. The molecule has 2 heterocycles. The molecule has 0 radical (unpaired) electrons. The SMILES string of the molecule is COc1ccccc1N1CCN(C(=O)[C@@H]2[C@H]3CC[C@@H](C3)N2C(=O)c2ccccc2)CC1. The Hall–Kier alpha value is -3.02. The Balaban J connectivity index is 1.30. The number of anilines is 1. The number of carbonyl (C=O) groups excluding carboxylic acids is 2. The normalized spacial score (nSPS) is 25.1. The maximum absolute atomic E-state index is 13.6. The van der Waals surface area contributed by atoms with Crippen LogP contribution in [0.4, 0.5) is 5.69 Å². The van der Waals surface area contributed by atoms with Crippen LogP contribution < -0.4 is 9.64 Å². The van der Waals surface area contributed by atoms with Crippen LogP contribution in [0.1, 0.15) is 29.6 Å². The van der Waals surface area contributed by atoms with Gasteiger partial charge in [0.05, 0.1) is 12.8 Å². The van der Waals surface area contributed by atoms with Gasteiger partial charge in [-0.15, -0.1) is 0 Å². The van der Waals surface area contributed by atoms with E-state index in [-0.39, 0.29) is 29.8 Å². The number of piperidine rings is 1. The lowest BCUT2D eigenvalue weighted by molar-refractivity contribution is -0.137. The van der Waals surface area contributed by atoms with Crippen LogP contribution in [0.5, 0.6) is 5.75 Å². The van der Waals surface area contributed by atoms with Crippen LogP contribution in [-0.4, -0.2) is 67.0 Å². The second kappa shape index (κ2) is 8.25. The third-order valence-corrected chi connectivity index (χ3v) is 7.11. The molecule has 2 saturated heterocycles. The van der Waals surface area contributed by atoms with Crippen LogP contribution in [0.3, 0.4) is 0 Å². The first kappa shape index (κ1) is 19.9. The monoisotopic (exact) mass is 419 g/mol. The number of likely N-dealkylation sites (tertiary alicyclic amines) is 1. The maximum Gasteiger partial charge on any atom is 0.254 e.